The molecule has 0 aliphatic carbocycles. The zero-order valence-electron chi connectivity index (χ0n) is 8.23. The average Bonchev–Trinajstić information content (AvgIpc) is 2.15. The van der Waals surface area contributed by atoms with E-state index in [4.69, 9.17) is 0 Å². The van der Waals surface area contributed by atoms with Crippen LogP contribution in [0.4, 0.5) is 10.1 Å². The number of unbranched alkanes of at least 4 members (excludes halogenated alkanes) is 1. The zero-order chi connectivity index (χ0) is 9.68. The maximum atomic E-state index is 12.9. The van der Waals surface area contributed by atoms with E-state index in [2.05, 4.69) is 12.2 Å². The van der Waals surface area contributed by atoms with Gasteiger partial charge in [-0.05, 0) is 36.6 Å². The summed E-state index contributed by atoms with van der Waals surface area (Å²) in [7, 11) is 1.86. The predicted octanol–water partition coefficient (Wildman–Crippen LogP) is 3.21. The van der Waals surface area contributed by atoms with Crippen LogP contribution in [0.2, 0.25) is 0 Å². The third kappa shape index (κ3) is 2.72. The van der Waals surface area contributed by atoms with Gasteiger partial charge >= 0.3 is 0 Å². The summed E-state index contributed by atoms with van der Waals surface area (Å²) in [5, 5.41) is 3.07. The van der Waals surface area contributed by atoms with Crippen molar-refractivity contribution in [3.63, 3.8) is 0 Å². The van der Waals surface area contributed by atoms with Crippen LogP contribution >= 0.6 is 0 Å². The fraction of sp³-hybridized carbons (Fsp3) is 0.455. The first-order chi connectivity index (χ1) is 6.27. The summed E-state index contributed by atoms with van der Waals surface area (Å²) in [5.41, 5.74) is 2.11. The Balaban J connectivity index is 2.81. The normalized spacial score (nSPS) is 10.1. The van der Waals surface area contributed by atoms with Gasteiger partial charge in [0.2, 0.25) is 0 Å². The molecule has 13 heavy (non-hydrogen) atoms. The van der Waals surface area contributed by atoms with Crippen molar-refractivity contribution in [1.82, 2.24) is 0 Å². The highest BCUT2D eigenvalue weighted by atomic mass is 19.1. The van der Waals surface area contributed by atoms with Gasteiger partial charge in [0.1, 0.15) is 5.82 Å². The number of anilines is 1. The third-order valence-corrected chi connectivity index (χ3v) is 2.14. The molecule has 0 amide bonds. The Morgan fingerprint density at radius 3 is 2.77 bits per heavy atom. The van der Waals surface area contributed by atoms with Crippen molar-refractivity contribution in [1.29, 1.82) is 0 Å². The van der Waals surface area contributed by atoms with E-state index in [0.717, 1.165) is 30.5 Å². The standard InChI is InChI=1S/C11H16FN/c1-3-4-5-9-8-10(12)6-7-11(9)13-2/h6-8,13H,3-5H2,1-2H3. The molecule has 0 aliphatic rings. The molecule has 0 atom stereocenters. The second-order valence-corrected chi connectivity index (χ2v) is 3.16. The molecule has 0 spiro atoms. The fourth-order valence-corrected chi connectivity index (χ4v) is 1.38. The zero-order valence-corrected chi connectivity index (χ0v) is 8.23. The number of halogens is 1. The maximum absolute atomic E-state index is 12.9. The van der Waals surface area contributed by atoms with Crippen molar-refractivity contribution in [2.24, 2.45) is 0 Å². The Morgan fingerprint density at radius 2 is 2.15 bits per heavy atom. The Labute approximate surface area is 79.0 Å². The van der Waals surface area contributed by atoms with Crippen LogP contribution in [0.3, 0.4) is 0 Å². The molecule has 1 N–H and O–H groups in total. The highest BCUT2D eigenvalue weighted by Gasteiger charge is 2.01. The minimum atomic E-state index is -0.148. The molecule has 1 nitrogen and oxygen atoms in total. The van der Waals surface area contributed by atoms with Crippen molar-refractivity contribution in [3.8, 4) is 0 Å². The van der Waals surface area contributed by atoms with Crippen LogP contribution in [0.5, 0.6) is 0 Å². The van der Waals surface area contributed by atoms with E-state index in [1.165, 1.54) is 6.07 Å². The van der Waals surface area contributed by atoms with Crippen molar-refractivity contribution in [2.45, 2.75) is 26.2 Å². The number of hydrogen-bond acceptors (Lipinski definition) is 1. The van der Waals surface area contributed by atoms with Crippen LogP contribution in [0, 0.1) is 5.82 Å². The number of hydrogen-bond donors (Lipinski definition) is 1. The highest BCUT2D eigenvalue weighted by molar-refractivity contribution is 5.50. The summed E-state index contributed by atoms with van der Waals surface area (Å²) < 4.78 is 12.9. The molecule has 0 aliphatic heterocycles. The quantitative estimate of drug-likeness (QED) is 0.752. The van der Waals surface area contributed by atoms with Gasteiger partial charge in [0, 0.05) is 12.7 Å². The SMILES string of the molecule is CCCCc1cc(F)ccc1NC. The van der Waals surface area contributed by atoms with Gasteiger partial charge in [-0.3, -0.25) is 0 Å². The average molecular weight is 181 g/mol. The lowest BCUT2D eigenvalue weighted by Gasteiger charge is -2.08. The van der Waals surface area contributed by atoms with Crippen molar-refractivity contribution < 1.29 is 4.39 Å². The summed E-state index contributed by atoms with van der Waals surface area (Å²) in [6.45, 7) is 2.14. The lowest BCUT2D eigenvalue weighted by Crippen LogP contribution is -1.96. The molecule has 1 aromatic carbocycles. The Hall–Kier alpha value is -1.05. The molecule has 0 unspecified atom stereocenters. The third-order valence-electron chi connectivity index (χ3n) is 2.14. The van der Waals surface area contributed by atoms with Gasteiger partial charge < -0.3 is 5.32 Å². The largest absolute Gasteiger partial charge is 0.388 e. The lowest BCUT2D eigenvalue weighted by atomic mass is 10.1. The smallest absolute Gasteiger partial charge is 0.123 e. The van der Waals surface area contributed by atoms with Crippen LogP contribution in [0.15, 0.2) is 18.2 Å². The van der Waals surface area contributed by atoms with E-state index in [9.17, 15) is 4.39 Å². The van der Waals surface area contributed by atoms with Crippen molar-refractivity contribution in [2.75, 3.05) is 12.4 Å². The van der Waals surface area contributed by atoms with Crippen LogP contribution in [0.25, 0.3) is 0 Å². The van der Waals surface area contributed by atoms with Crippen LogP contribution in [0.1, 0.15) is 25.3 Å². The minimum Gasteiger partial charge on any atom is -0.388 e. The second kappa shape index (κ2) is 4.85. The van der Waals surface area contributed by atoms with Crippen molar-refractivity contribution >= 4 is 5.69 Å². The van der Waals surface area contributed by atoms with Crippen LogP contribution in [-0.4, -0.2) is 7.05 Å². The molecule has 0 fully saturated rings. The van der Waals surface area contributed by atoms with E-state index >= 15 is 0 Å². The molecule has 0 heterocycles. The molecular weight excluding hydrogens is 165 g/mol. The monoisotopic (exact) mass is 181 g/mol. The Kier molecular flexibility index (Phi) is 3.74. The summed E-state index contributed by atoms with van der Waals surface area (Å²) >= 11 is 0. The van der Waals surface area contributed by atoms with E-state index < -0.39 is 0 Å². The second-order valence-electron chi connectivity index (χ2n) is 3.16. The minimum absolute atomic E-state index is 0.148. The number of benzene rings is 1. The van der Waals surface area contributed by atoms with E-state index in [1.807, 2.05) is 7.05 Å². The Bertz CT molecular complexity index is 271. The lowest BCUT2D eigenvalue weighted by molar-refractivity contribution is 0.624. The molecule has 1 rings (SSSR count). The maximum Gasteiger partial charge on any atom is 0.123 e. The highest BCUT2D eigenvalue weighted by Crippen LogP contribution is 2.18. The summed E-state index contributed by atoms with van der Waals surface area (Å²) in [6.07, 6.45) is 3.20. The molecule has 0 radical (unpaired) electrons. The van der Waals surface area contributed by atoms with Gasteiger partial charge in [-0.25, -0.2) is 4.39 Å². The van der Waals surface area contributed by atoms with Gasteiger partial charge in [-0.1, -0.05) is 13.3 Å². The van der Waals surface area contributed by atoms with Gasteiger partial charge in [0.25, 0.3) is 0 Å². The first-order valence-electron chi connectivity index (χ1n) is 4.74. The van der Waals surface area contributed by atoms with E-state index in [1.54, 1.807) is 12.1 Å². The number of nitrogens with one attached hydrogen (secondary N) is 1. The van der Waals surface area contributed by atoms with Crippen LogP contribution in [-0.2, 0) is 6.42 Å². The van der Waals surface area contributed by atoms with Crippen molar-refractivity contribution in [3.05, 3.63) is 29.6 Å². The molecule has 0 saturated carbocycles. The topological polar surface area (TPSA) is 12.0 Å². The molecule has 0 bridgehead atoms. The summed E-state index contributed by atoms with van der Waals surface area (Å²) in [4.78, 5) is 0. The van der Waals surface area contributed by atoms with Crippen LogP contribution < -0.4 is 5.32 Å². The predicted molar refractivity (Wildman–Crippen MR) is 54.6 cm³/mol. The van der Waals surface area contributed by atoms with Gasteiger partial charge in [0.05, 0.1) is 0 Å². The first kappa shape index (κ1) is 10.0. The molecule has 1 aromatic rings. The Morgan fingerprint density at radius 1 is 1.38 bits per heavy atom. The molecule has 0 saturated heterocycles. The summed E-state index contributed by atoms with van der Waals surface area (Å²) in [5.74, 6) is -0.148. The molecular formula is C11H16FN. The molecule has 72 valence electrons. The first-order valence-corrected chi connectivity index (χ1v) is 4.74. The summed E-state index contributed by atoms with van der Waals surface area (Å²) in [6, 6.07) is 4.89. The number of aryl methyl sites for hydroxylation is 1. The van der Waals surface area contributed by atoms with Gasteiger partial charge in [-0.15, -0.1) is 0 Å². The molecule has 0 aromatic heterocycles. The van der Waals surface area contributed by atoms with E-state index in [-0.39, 0.29) is 5.82 Å². The van der Waals surface area contributed by atoms with E-state index in [0.29, 0.717) is 0 Å². The number of rotatable bonds is 4. The van der Waals surface area contributed by atoms with Gasteiger partial charge in [0.15, 0.2) is 0 Å². The van der Waals surface area contributed by atoms with Gasteiger partial charge in [-0.2, -0.15) is 0 Å². The molecule has 2 heteroatoms. The fourth-order valence-electron chi connectivity index (χ4n) is 1.38.